The molecule has 0 bridgehead atoms. The van der Waals surface area contributed by atoms with Crippen molar-refractivity contribution in [2.45, 2.75) is 6.04 Å². The van der Waals surface area contributed by atoms with E-state index in [0.717, 1.165) is 36.2 Å². The summed E-state index contributed by atoms with van der Waals surface area (Å²) in [6.07, 6.45) is 0. The van der Waals surface area contributed by atoms with Gasteiger partial charge in [0.05, 0.1) is 6.07 Å². The fourth-order valence-corrected chi connectivity index (χ4v) is 2.61. The van der Waals surface area contributed by atoms with Crippen LogP contribution in [0.1, 0.15) is 11.6 Å². The molecule has 1 aliphatic heterocycles. The van der Waals surface area contributed by atoms with Crippen molar-refractivity contribution in [2.75, 3.05) is 26.2 Å². The van der Waals surface area contributed by atoms with Crippen LogP contribution in [0.15, 0.2) is 22.7 Å². The Labute approximate surface area is 114 Å². The van der Waals surface area contributed by atoms with Crippen LogP contribution in [0.25, 0.3) is 0 Å². The molecule has 1 unspecified atom stereocenters. The summed E-state index contributed by atoms with van der Waals surface area (Å²) in [4.78, 5) is 2.16. The van der Waals surface area contributed by atoms with Crippen molar-refractivity contribution in [3.8, 4) is 6.07 Å². The number of piperazine rings is 1. The van der Waals surface area contributed by atoms with Crippen LogP contribution in [0.4, 0.5) is 0 Å². The zero-order valence-electron chi connectivity index (χ0n) is 9.29. The molecule has 0 saturated carbocycles. The lowest BCUT2D eigenvalue weighted by molar-refractivity contribution is 0.207. The Kier molecular flexibility index (Phi) is 4.41. The lowest BCUT2D eigenvalue weighted by atomic mass is 10.1. The molecular formula is C12H13BrClN3. The Morgan fingerprint density at radius 3 is 2.76 bits per heavy atom. The van der Waals surface area contributed by atoms with Crippen molar-refractivity contribution in [2.24, 2.45) is 0 Å². The second-order valence-electron chi connectivity index (χ2n) is 3.98. The maximum atomic E-state index is 9.36. The highest BCUT2D eigenvalue weighted by molar-refractivity contribution is 9.10. The smallest absolute Gasteiger partial charge is 0.125 e. The van der Waals surface area contributed by atoms with Gasteiger partial charge in [0.15, 0.2) is 0 Å². The average molecular weight is 315 g/mol. The number of rotatable bonds is 2. The third kappa shape index (κ3) is 2.99. The third-order valence-electron chi connectivity index (χ3n) is 2.89. The number of nitriles is 1. The Morgan fingerprint density at radius 1 is 1.41 bits per heavy atom. The van der Waals surface area contributed by atoms with Gasteiger partial charge < -0.3 is 5.32 Å². The van der Waals surface area contributed by atoms with E-state index >= 15 is 0 Å². The van der Waals surface area contributed by atoms with Gasteiger partial charge in [-0.2, -0.15) is 5.26 Å². The predicted molar refractivity (Wildman–Crippen MR) is 71.9 cm³/mol. The van der Waals surface area contributed by atoms with Gasteiger partial charge in [0, 0.05) is 41.2 Å². The number of nitrogens with zero attached hydrogens (tertiary/aromatic N) is 2. The lowest BCUT2D eigenvalue weighted by Crippen LogP contribution is -2.44. The standard InChI is InChI=1S/C12H13BrClN3/c13-9-1-2-11(14)10(7-9)12(8-15)17-5-3-16-4-6-17/h1-2,7,12,16H,3-6H2. The fourth-order valence-electron chi connectivity index (χ4n) is 2.01. The molecule has 1 atom stereocenters. The zero-order valence-corrected chi connectivity index (χ0v) is 11.6. The summed E-state index contributed by atoms with van der Waals surface area (Å²) in [6, 6.07) is 7.73. The van der Waals surface area contributed by atoms with Gasteiger partial charge in [-0.3, -0.25) is 4.90 Å². The first-order chi connectivity index (χ1) is 8.22. The first kappa shape index (κ1) is 12.8. The third-order valence-corrected chi connectivity index (χ3v) is 3.73. The van der Waals surface area contributed by atoms with Crippen molar-refractivity contribution in [1.29, 1.82) is 5.26 Å². The van der Waals surface area contributed by atoms with Crippen LogP contribution in [0.2, 0.25) is 5.02 Å². The number of hydrogen-bond acceptors (Lipinski definition) is 3. The molecule has 3 nitrogen and oxygen atoms in total. The van der Waals surface area contributed by atoms with Gasteiger partial charge in [-0.15, -0.1) is 0 Å². The van der Waals surface area contributed by atoms with Crippen LogP contribution in [0.3, 0.4) is 0 Å². The fraction of sp³-hybridized carbons (Fsp3) is 0.417. The molecule has 0 aromatic heterocycles. The monoisotopic (exact) mass is 313 g/mol. The predicted octanol–water partition coefficient (Wildman–Crippen LogP) is 2.57. The quantitative estimate of drug-likeness (QED) is 0.912. The molecule has 2 rings (SSSR count). The van der Waals surface area contributed by atoms with Gasteiger partial charge in [-0.05, 0) is 18.2 Å². The molecule has 1 aliphatic rings. The molecule has 1 aromatic carbocycles. The molecule has 0 aliphatic carbocycles. The van der Waals surface area contributed by atoms with Crippen molar-refractivity contribution < 1.29 is 0 Å². The van der Waals surface area contributed by atoms with E-state index in [-0.39, 0.29) is 6.04 Å². The minimum Gasteiger partial charge on any atom is -0.314 e. The van der Waals surface area contributed by atoms with E-state index in [1.54, 1.807) is 0 Å². The summed E-state index contributed by atoms with van der Waals surface area (Å²) in [5.41, 5.74) is 0.880. The Bertz CT molecular complexity index is 438. The van der Waals surface area contributed by atoms with E-state index in [4.69, 9.17) is 11.6 Å². The average Bonchev–Trinajstić information content (AvgIpc) is 2.36. The van der Waals surface area contributed by atoms with Crippen LogP contribution in [0.5, 0.6) is 0 Å². The molecule has 1 aromatic rings. The van der Waals surface area contributed by atoms with Gasteiger partial charge in [0.2, 0.25) is 0 Å². The maximum Gasteiger partial charge on any atom is 0.125 e. The van der Waals surface area contributed by atoms with Crippen LogP contribution < -0.4 is 5.32 Å². The molecule has 1 N–H and O–H groups in total. The summed E-state index contributed by atoms with van der Waals surface area (Å²) >= 11 is 9.59. The Morgan fingerprint density at radius 2 is 2.12 bits per heavy atom. The second kappa shape index (κ2) is 5.83. The van der Waals surface area contributed by atoms with E-state index in [2.05, 4.69) is 32.2 Å². The van der Waals surface area contributed by atoms with Gasteiger partial charge >= 0.3 is 0 Å². The van der Waals surface area contributed by atoms with Crippen LogP contribution >= 0.6 is 27.5 Å². The molecule has 0 amide bonds. The van der Waals surface area contributed by atoms with Crippen molar-refractivity contribution in [3.05, 3.63) is 33.3 Å². The molecule has 0 radical (unpaired) electrons. The van der Waals surface area contributed by atoms with E-state index in [9.17, 15) is 5.26 Å². The minimum absolute atomic E-state index is 0.262. The van der Waals surface area contributed by atoms with E-state index in [1.807, 2.05) is 18.2 Å². The molecular weight excluding hydrogens is 302 g/mol. The topological polar surface area (TPSA) is 39.1 Å². The van der Waals surface area contributed by atoms with Gasteiger partial charge in [-0.1, -0.05) is 27.5 Å². The summed E-state index contributed by atoms with van der Waals surface area (Å²) in [5, 5.41) is 13.3. The summed E-state index contributed by atoms with van der Waals surface area (Å²) in [7, 11) is 0. The minimum atomic E-state index is -0.262. The molecule has 5 heteroatoms. The number of hydrogen-bond donors (Lipinski definition) is 1. The maximum absolute atomic E-state index is 9.36. The highest BCUT2D eigenvalue weighted by Gasteiger charge is 2.23. The first-order valence-electron chi connectivity index (χ1n) is 5.51. The normalized spacial score (nSPS) is 18.6. The van der Waals surface area contributed by atoms with Crippen LogP contribution in [-0.2, 0) is 0 Å². The van der Waals surface area contributed by atoms with E-state index in [1.165, 1.54) is 0 Å². The van der Waals surface area contributed by atoms with Crippen molar-refractivity contribution in [1.82, 2.24) is 10.2 Å². The van der Waals surface area contributed by atoms with Gasteiger partial charge in [0.1, 0.15) is 6.04 Å². The number of benzene rings is 1. The Balaban J connectivity index is 2.28. The van der Waals surface area contributed by atoms with Crippen LogP contribution in [0, 0.1) is 11.3 Å². The number of halogens is 2. The summed E-state index contributed by atoms with van der Waals surface area (Å²) in [6.45, 7) is 3.59. The van der Waals surface area contributed by atoms with E-state index < -0.39 is 0 Å². The molecule has 17 heavy (non-hydrogen) atoms. The summed E-state index contributed by atoms with van der Waals surface area (Å²) in [5.74, 6) is 0. The van der Waals surface area contributed by atoms with Gasteiger partial charge in [-0.25, -0.2) is 0 Å². The van der Waals surface area contributed by atoms with Crippen molar-refractivity contribution in [3.63, 3.8) is 0 Å². The Hall–Kier alpha value is -0.600. The highest BCUT2D eigenvalue weighted by Crippen LogP contribution is 2.30. The summed E-state index contributed by atoms with van der Waals surface area (Å²) < 4.78 is 0.951. The molecule has 1 saturated heterocycles. The SMILES string of the molecule is N#CC(c1cc(Br)ccc1Cl)N1CCNCC1. The molecule has 90 valence electrons. The molecule has 1 fully saturated rings. The second-order valence-corrected chi connectivity index (χ2v) is 5.31. The molecule has 0 spiro atoms. The number of nitrogens with one attached hydrogen (secondary N) is 1. The van der Waals surface area contributed by atoms with Gasteiger partial charge in [0.25, 0.3) is 0 Å². The highest BCUT2D eigenvalue weighted by atomic mass is 79.9. The lowest BCUT2D eigenvalue weighted by Gasteiger charge is -2.31. The first-order valence-corrected chi connectivity index (χ1v) is 6.69. The molecule has 1 heterocycles. The zero-order chi connectivity index (χ0) is 12.3. The largest absolute Gasteiger partial charge is 0.314 e. The van der Waals surface area contributed by atoms with Crippen molar-refractivity contribution >= 4 is 27.5 Å². The van der Waals surface area contributed by atoms with Crippen LogP contribution in [-0.4, -0.2) is 31.1 Å². The van der Waals surface area contributed by atoms with E-state index in [0.29, 0.717) is 5.02 Å².